The van der Waals surface area contributed by atoms with Crippen molar-refractivity contribution in [2.24, 2.45) is 0 Å². The van der Waals surface area contributed by atoms with Crippen molar-refractivity contribution < 1.29 is 14.0 Å². The number of carbonyl (C=O) groups excluding carboxylic acids is 2. The first-order valence-corrected chi connectivity index (χ1v) is 8.41. The van der Waals surface area contributed by atoms with E-state index in [4.69, 9.17) is 0 Å². The van der Waals surface area contributed by atoms with E-state index in [1.807, 2.05) is 31.2 Å². The highest BCUT2D eigenvalue weighted by Crippen LogP contribution is 2.13. The topological polar surface area (TPSA) is 58.2 Å². The van der Waals surface area contributed by atoms with Gasteiger partial charge in [0.25, 0.3) is 0 Å². The molecule has 132 valence electrons. The van der Waals surface area contributed by atoms with Crippen LogP contribution in [0.3, 0.4) is 0 Å². The smallest absolute Gasteiger partial charge is 0.309 e. The van der Waals surface area contributed by atoms with Crippen LogP contribution in [0.5, 0.6) is 0 Å². The second-order valence-corrected chi connectivity index (χ2v) is 5.92. The lowest BCUT2D eigenvalue weighted by Crippen LogP contribution is -2.41. The summed E-state index contributed by atoms with van der Waals surface area (Å²) in [7, 11) is 0. The lowest BCUT2D eigenvalue weighted by molar-refractivity contribution is -0.139. The van der Waals surface area contributed by atoms with Crippen LogP contribution >= 0.6 is 0 Å². The van der Waals surface area contributed by atoms with Gasteiger partial charge in [0.05, 0.1) is 6.04 Å². The van der Waals surface area contributed by atoms with Gasteiger partial charge in [-0.3, -0.25) is 9.59 Å². The number of carbonyl (C=O) groups is 2. The van der Waals surface area contributed by atoms with Crippen LogP contribution in [0.25, 0.3) is 0 Å². The predicted octanol–water partition coefficient (Wildman–Crippen LogP) is 2.92. The van der Waals surface area contributed by atoms with Crippen molar-refractivity contribution in [3.63, 3.8) is 0 Å². The Bertz CT molecular complexity index is 711. The first kappa shape index (κ1) is 18.6. The van der Waals surface area contributed by atoms with Gasteiger partial charge in [-0.15, -0.1) is 0 Å². The van der Waals surface area contributed by atoms with Crippen molar-refractivity contribution in [2.45, 2.75) is 32.7 Å². The van der Waals surface area contributed by atoms with Gasteiger partial charge in [0.1, 0.15) is 5.82 Å². The lowest BCUT2D eigenvalue weighted by atomic mass is 10.1. The normalized spacial score (nSPS) is 11.6. The number of hydrogen-bond donors (Lipinski definition) is 2. The zero-order valence-electron chi connectivity index (χ0n) is 14.5. The number of halogens is 1. The van der Waals surface area contributed by atoms with Crippen LogP contribution in [0.15, 0.2) is 48.5 Å². The fourth-order valence-corrected chi connectivity index (χ4v) is 2.44. The molecule has 2 rings (SSSR count). The van der Waals surface area contributed by atoms with Gasteiger partial charge in [-0.2, -0.15) is 0 Å². The molecule has 0 spiro atoms. The van der Waals surface area contributed by atoms with Gasteiger partial charge in [0.2, 0.25) is 0 Å². The minimum atomic E-state index is -0.667. The van der Waals surface area contributed by atoms with Crippen LogP contribution in [0.1, 0.15) is 36.6 Å². The highest BCUT2D eigenvalue weighted by Gasteiger charge is 2.16. The maximum atomic E-state index is 12.8. The highest BCUT2D eigenvalue weighted by molar-refractivity contribution is 6.35. The van der Waals surface area contributed by atoms with Crippen molar-refractivity contribution in [1.29, 1.82) is 0 Å². The minimum Gasteiger partial charge on any atom is -0.348 e. The monoisotopic (exact) mass is 342 g/mol. The van der Waals surface area contributed by atoms with Crippen molar-refractivity contribution >= 4 is 11.8 Å². The van der Waals surface area contributed by atoms with E-state index in [1.54, 1.807) is 12.1 Å². The number of aryl methyl sites for hydroxylation is 1. The number of nitrogens with one attached hydrogen (secondary N) is 2. The standard InChI is InChI=1S/C20H23FN2O2/c1-3-15-4-8-17(9-5-15)14(2)23-20(25)19(24)22-13-12-16-6-10-18(21)11-7-16/h4-11,14H,3,12-13H2,1-2H3,(H,22,24)(H,23,25). The second kappa shape index (κ2) is 8.97. The molecule has 2 aromatic carbocycles. The van der Waals surface area contributed by atoms with Crippen molar-refractivity contribution in [2.75, 3.05) is 6.54 Å². The Kier molecular flexibility index (Phi) is 6.69. The number of rotatable bonds is 6. The molecule has 5 heteroatoms. The summed E-state index contributed by atoms with van der Waals surface area (Å²) in [5.41, 5.74) is 3.07. The van der Waals surface area contributed by atoms with E-state index in [1.165, 1.54) is 17.7 Å². The highest BCUT2D eigenvalue weighted by atomic mass is 19.1. The second-order valence-electron chi connectivity index (χ2n) is 5.92. The van der Waals surface area contributed by atoms with E-state index < -0.39 is 11.8 Å². The van der Waals surface area contributed by atoms with Gasteiger partial charge in [0.15, 0.2) is 0 Å². The Hall–Kier alpha value is -2.69. The van der Waals surface area contributed by atoms with Gasteiger partial charge >= 0.3 is 11.8 Å². The fourth-order valence-electron chi connectivity index (χ4n) is 2.44. The third-order valence-corrected chi connectivity index (χ3v) is 4.05. The molecule has 0 radical (unpaired) electrons. The summed E-state index contributed by atoms with van der Waals surface area (Å²) in [5.74, 6) is -1.63. The number of benzene rings is 2. The molecule has 0 aliphatic carbocycles. The van der Waals surface area contributed by atoms with Gasteiger partial charge in [0, 0.05) is 6.54 Å². The predicted molar refractivity (Wildman–Crippen MR) is 95.5 cm³/mol. The molecule has 4 nitrogen and oxygen atoms in total. The third-order valence-electron chi connectivity index (χ3n) is 4.05. The van der Waals surface area contributed by atoms with Gasteiger partial charge in [-0.05, 0) is 48.6 Å². The first-order valence-electron chi connectivity index (χ1n) is 8.41. The minimum absolute atomic E-state index is 0.249. The van der Waals surface area contributed by atoms with Crippen LogP contribution < -0.4 is 10.6 Å². The molecule has 0 aliphatic rings. The van der Waals surface area contributed by atoms with Crippen LogP contribution in [0, 0.1) is 5.82 Å². The van der Waals surface area contributed by atoms with E-state index in [0.717, 1.165) is 17.5 Å². The summed E-state index contributed by atoms with van der Waals surface area (Å²) in [6, 6.07) is 13.7. The summed E-state index contributed by atoms with van der Waals surface area (Å²) in [6.07, 6.45) is 1.49. The largest absolute Gasteiger partial charge is 0.348 e. The van der Waals surface area contributed by atoms with Crippen molar-refractivity contribution in [3.05, 3.63) is 71.0 Å². The number of hydrogen-bond acceptors (Lipinski definition) is 2. The Balaban J connectivity index is 1.78. The van der Waals surface area contributed by atoms with Crippen LogP contribution in [0.4, 0.5) is 4.39 Å². The molecule has 0 heterocycles. The molecular formula is C20H23FN2O2. The molecule has 0 aliphatic heterocycles. The van der Waals surface area contributed by atoms with E-state index >= 15 is 0 Å². The van der Waals surface area contributed by atoms with Gasteiger partial charge in [-0.1, -0.05) is 43.3 Å². The molecule has 2 N–H and O–H groups in total. The summed E-state index contributed by atoms with van der Waals surface area (Å²) in [5, 5.41) is 5.26. The van der Waals surface area contributed by atoms with Gasteiger partial charge in [-0.25, -0.2) is 4.39 Å². The van der Waals surface area contributed by atoms with E-state index in [-0.39, 0.29) is 11.9 Å². The molecule has 1 atom stereocenters. The van der Waals surface area contributed by atoms with E-state index in [2.05, 4.69) is 17.6 Å². The molecule has 0 fully saturated rings. The molecular weight excluding hydrogens is 319 g/mol. The Morgan fingerprint density at radius 3 is 2.16 bits per heavy atom. The van der Waals surface area contributed by atoms with Crippen LogP contribution in [0.2, 0.25) is 0 Å². The lowest BCUT2D eigenvalue weighted by Gasteiger charge is -2.14. The zero-order chi connectivity index (χ0) is 18.2. The van der Waals surface area contributed by atoms with E-state index in [0.29, 0.717) is 13.0 Å². The molecule has 0 aromatic heterocycles. The molecule has 1 unspecified atom stereocenters. The summed E-state index contributed by atoms with van der Waals surface area (Å²) >= 11 is 0. The molecule has 2 aromatic rings. The zero-order valence-corrected chi connectivity index (χ0v) is 14.5. The Morgan fingerprint density at radius 2 is 1.56 bits per heavy atom. The first-order chi connectivity index (χ1) is 12.0. The van der Waals surface area contributed by atoms with Gasteiger partial charge < -0.3 is 10.6 Å². The molecule has 0 saturated carbocycles. The summed E-state index contributed by atoms with van der Waals surface area (Å²) < 4.78 is 12.8. The maximum absolute atomic E-state index is 12.8. The average Bonchev–Trinajstić information content (AvgIpc) is 2.63. The average molecular weight is 342 g/mol. The fraction of sp³-hybridized carbons (Fsp3) is 0.300. The Morgan fingerprint density at radius 1 is 0.960 bits per heavy atom. The van der Waals surface area contributed by atoms with E-state index in [9.17, 15) is 14.0 Å². The summed E-state index contributed by atoms with van der Waals surface area (Å²) in [4.78, 5) is 23.8. The van der Waals surface area contributed by atoms with Crippen LogP contribution in [-0.2, 0) is 22.4 Å². The maximum Gasteiger partial charge on any atom is 0.309 e. The molecule has 0 saturated heterocycles. The SMILES string of the molecule is CCc1ccc(C(C)NC(=O)C(=O)NCCc2ccc(F)cc2)cc1. The quantitative estimate of drug-likeness (QED) is 0.793. The van der Waals surface area contributed by atoms with Crippen molar-refractivity contribution in [3.8, 4) is 0 Å². The molecule has 0 bridgehead atoms. The Labute approximate surface area is 147 Å². The van der Waals surface area contributed by atoms with Crippen molar-refractivity contribution in [1.82, 2.24) is 10.6 Å². The van der Waals surface area contributed by atoms with Crippen LogP contribution in [-0.4, -0.2) is 18.4 Å². The third kappa shape index (κ3) is 5.71. The molecule has 25 heavy (non-hydrogen) atoms. The molecule has 2 amide bonds. The summed E-state index contributed by atoms with van der Waals surface area (Å²) in [6.45, 7) is 4.23. The number of amides is 2.